The van der Waals surface area contributed by atoms with E-state index < -0.39 is 30.0 Å². The molecule has 1 atom stereocenters. The van der Waals surface area contributed by atoms with Gasteiger partial charge in [-0.2, -0.15) is 13.2 Å². The maximum absolute atomic E-state index is 12.5. The summed E-state index contributed by atoms with van der Waals surface area (Å²) in [7, 11) is 0. The fourth-order valence-electron chi connectivity index (χ4n) is 1.67. The molecule has 3 N–H and O–H groups in total. The first-order valence-electron chi connectivity index (χ1n) is 6.94. The molecule has 0 fully saturated rings. The average molecular weight is 377 g/mol. The van der Waals surface area contributed by atoms with Gasteiger partial charge in [0.15, 0.2) is 11.2 Å². The Balaban J connectivity index is 1.78. The molecule has 0 aliphatic carbocycles. The van der Waals surface area contributed by atoms with Gasteiger partial charge in [0.1, 0.15) is 5.52 Å². The van der Waals surface area contributed by atoms with Crippen molar-refractivity contribution in [3.63, 3.8) is 0 Å². The summed E-state index contributed by atoms with van der Waals surface area (Å²) >= 11 is 0.953. The molecule has 25 heavy (non-hydrogen) atoms. The summed E-state index contributed by atoms with van der Waals surface area (Å²) in [6, 6.07) is 6.98. The maximum Gasteiger partial charge on any atom is 0.417 e. The van der Waals surface area contributed by atoms with E-state index in [-0.39, 0.29) is 11.0 Å². The summed E-state index contributed by atoms with van der Waals surface area (Å²) < 4.78 is 42.7. The number of amides is 2. The molecule has 0 spiro atoms. The normalized spacial score (nSPS) is 14.1. The molecule has 0 bridgehead atoms. The molecular weight excluding hydrogens is 363 g/mol. The molecule has 1 aromatic carbocycles. The van der Waals surface area contributed by atoms with E-state index in [1.807, 2.05) is 10.9 Å². The van der Waals surface area contributed by atoms with Crippen molar-refractivity contribution < 1.29 is 32.3 Å². The van der Waals surface area contributed by atoms with Crippen molar-refractivity contribution in [3.05, 3.63) is 24.3 Å². The Hall–Kier alpha value is -2.27. The Bertz CT molecular complexity index is 743. The molecule has 7 nitrogen and oxygen atoms in total. The number of nitrogens with zero attached hydrogens (tertiary/aromatic N) is 1. The molecule has 0 aliphatic rings. The zero-order valence-electron chi connectivity index (χ0n) is 12.9. The summed E-state index contributed by atoms with van der Waals surface area (Å²) in [6.45, 7) is 0.470. The predicted molar refractivity (Wildman–Crippen MR) is 82.3 cm³/mol. The number of thioether (sulfide) groups is 1. The van der Waals surface area contributed by atoms with E-state index in [1.54, 1.807) is 24.3 Å². The molecule has 11 heteroatoms. The minimum absolute atomic E-state index is 0.178. The van der Waals surface area contributed by atoms with Crippen molar-refractivity contribution in [2.24, 2.45) is 0 Å². The Labute approximate surface area is 143 Å². The molecule has 0 radical (unpaired) electrons. The molecule has 0 aliphatic heterocycles. The van der Waals surface area contributed by atoms with Crippen LogP contribution in [0.5, 0.6) is 0 Å². The fraction of sp³-hybridized carbons (Fsp3) is 0.357. The van der Waals surface area contributed by atoms with Crippen LogP contribution in [0.4, 0.5) is 13.2 Å². The van der Waals surface area contributed by atoms with Crippen LogP contribution >= 0.6 is 11.8 Å². The number of carbonyl (C=O) groups is 2. The Morgan fingerprint density at radius 1 is 1.24 bits per heavy atom. The number of rotatable bonds is 5. The predicted octanol–water partition coefficient (Wildman–Crippen LogP) is 1.77. The number of oxazole rings is 1. The van der Waals surface area contributed by atoms with Crippen molar-refractivity contribution >= 4 is 34.7 Å². The first-order chi connectivity index (χ1) is 11.6. The molecule has 1 heterocycles. The third-order valence-electron chi connectivity index (χ3n) is 3.06. The zero-order chi connectivity index (χ0) is 18.7. The SMILES string of the molecule is C[C@@](O)(CC(=O)NNC(=O)CSc1nc2ccccc2o1)C(F)(F)F. The molecular formula is C14H14F3N3O4S. The number of halogens is 3. The third kappa shape index (κ3) is 5.10. The first-order valence-corrected chi connectivity index (χ1v) is 7.92. The van der Waals surface area contributed by atoms with Gasteiger partial charge in [0, 0.05) is 0 Å². The number of alkyl halides is 3. The second kappa shape index (κ2) is 7.31. The van der Waals surface area contributed by atoms with Gasteiger partial charge in [-0.1, -0.05) is 23.9 Å². The molecule has 0 unspecified atom stereocenters. The van der Waals surface area contributed by atoms with E-state index in [0.717, 1.165) is 11.8 Å². The van der Waals surface area contributed by atoms with Crippen molar-refractivity contribution in [2.45, 2.75) is 30.3 Å². The van der Waals surface area contributed by atoms with Gasteiger partial charge in [0.2, 0.25) is 11.8 Å². The number of nitrogens with one attached hydrogen (secondary N) is 2. The quantitative estimate of drug-likeness (QED) is 0.542. The smallest absolute Gasteiger partial charge is 0.417 e. The van der Waals surface area contributed by atoms with Crippen LogP contribution in [-0.2, 0) is 9.59 Å². The van der Waals surface area contributed by atoms with Crippen molar-refractivity contribution in [1.82, 2.24) is 15.8 Å². The summed E-state index contributed by atoms with van der Waals surface area (Å²) in [6.07, 6.45) is -6.20. The second-order valence-electron chi connectivity index (χ2n) is 5.28. The maximum atomic E-state index is 12.5. The van der Waals surface area contributed by atoms with E-state index in [0.29, 0.717) is 18.0 Å². The topological polar surface area (TPSA) is 104 Å². The lowest BCUT2D eigenvalue weighted by molar-refractivity contribution is -0.253. The van der Waals surface area contributed by atoms with Crippen LogP contribution in [0.15, 0.2) is 33.9 Å². The van der Waals surface area contributed by atoms with Crippen LogP contribution in [0.25, 0.3) is 11.1 Å². The molecule has 2 aromatic rings. The Morgan fingerprint density at radius 3 is 2.52 bits per heavy atom. The number of fused-ring (bicyclic) bond motifs is 1. The monoisotopic (exact) mass is 377 g/mol. The summed E-state index contributed by atoms with van der Waals surface area (Å²) in [4.78, 5) is 27.1. The van der Waals surface area contributed by atoms with Crippen LogP contribution in [0.2, 0.25) is 0 Å². The standard InChI is InChI=1S/C14H14F3N3O4S/c1-13(23,14(15,16)17)6-10(21)19-20-11(22)7-25-12-18-8-4-2-3-5-9(8)24-12/h2-5,23H,6-7H2,1H3,(H,19,21)(H,20,22)/t13-/m1/s1. The molecule has 1 aromatic heterocycles. The molecule has 2 amide bonds. The average Bonchev–Trinajstić information content (AvgIpc) is 2.92. The van der Waals surface area contributed by atoms with E-state index in [1.165, 1.54) is 0 Å². The number of hydrazine groups is 1. The number of hydrogen-bond donors (Lipinski definition) is 3. The van der Waals surface area contributed by atoms with Gasteiger partial charge in [-0.05, 0) is 19.1 Å². The van der Waals surface area contributed by atoms with E-state index >= 15 is 0 Å². The van der Waals surface area contributed by atoms with Gasteiger partial charge in [0.25, 0.3) is 5.22 Å². The lowest BCUT2D eigenvalue weighted by Gasteiger charge is -2.25. The number of hydrogen-bond acceptors (Lipinski definition) is 6. The minimum Gasteiger partial charge on any atom is -0.431 e. The van der Waals surface area contributed by atoms with Crippen LogP contribution in [0, 0.1) is 0 Å². The second-order valence-corrected chi connectivity index (χ2v) is 6.21. The van der Waals surface area contributed by atoms with Gasteiger partial charge >= 0.3 is 6.18 Å². The highest BCUT2D eigenvalue weighted by Crippen LogP contribution is 2.32. The van der Waals surface area contributed by atoms with Crippen LogP contribution in [-0.4, -0.2) is 39.4 Å². The third-order valence-corrected chi connectivity index (χ3v) is 3.89. The Kier molecular flexibility index (Phi) is 5.58. The first kappa shape index (κ1) is 19.1. The Morgan fingerprint density at radius 2 is 1.88 bits per heavy atom. The summed E-state index contributed by atoms with van der Waals surface area (Å²) in [5.41, 5.74) is 1.75. The molecule has 0 saturated heterocycles. The van der Waals surface area contributed by atoms with Crippen LogP contribution in [0.1, 0.15) is 13.3 Å². The lowest BCUT2D eigenvalue weighted by Crippen LogP contribution is -2.49. The van der Waals surface area contributed by atoms with Crippen molar-refractivity contribution in [1.29, 1.82) is 0 Å². The highest BCUT2D eigenvalue weighted by molar-refractivity contribution is 7.99. The highest BCUT2D eigenvalue weighted by Gasteiger charge is 2.51. The highest BCUT2D eigenvalue weighted by atomic mass is 32.2. The van der Waals surface area contributed by atoms with Gasteiger partial charge in [-0.15, -0.1) is 0 Å². The zero-order valence-corrected chi connectivity index (χ0v) is 13.7. The van der Waals surface area contributed by atoms with Crippen molar-refractivity contribution in [2.75, 3.05) is 5.75 Å². The van der Waals surface area contributed by atoms with Crippen LogP contribution in [0.3, 0.4) is 0 Å². The van der Waals surface area contributed by atoms with E-state index in [9.17, 15) is 27.9 Å². The number of para-hydroxylation sites is 2. The molecule has 136 valence electrons. The largest absolute Gasteiger partial charge is 0.431 e. The number of benzene rings is 1. The van der Waals surface area contributed by atoms with E-state index in [2.05, 4.69) is 4.98 Å². The summed E-state index contributed by atoms with van der Waals surface area (Å²) in [5.74, 6) is -2.03. The number of aliphatic hydroxyl groups is 1. The number of aromatic nitrogens is 1. The van der Waals surface area contributed by atoms with Crippen LogP contribution < -0.4 is 10.9 Å². The fourth-order valence-corrected chi connectivity index (χ4v) is 2.31. The van der Waals surface area contributed by atoms with E-state index in [4.69, 9.17) is 4.42 Å². The summed E-state index contributed by atoms with van der Waals surface area (Å²) in [5, 5.41) is 9.42. The van der Waals surface area contributed by atoms with Gasteiger partial charge < -0.3 is 9.52 Å². The van der Waals surface area contributed by atoms with Gasteiger partial charge in [-0.25, -0.2) is 4.98 Å². The molecule has 2 rings (SSSR count). The van der Waals surface area contributed by atoms with Crippen molar-refractivity contribution in [3.8, 4) is 0 Å². The lowest BCUT2D eigenvalue weighted by atomic mass is 10.0. The van der Waals surface area contributed by atoms with Gasteiger partial charge in [-0.3, -0.25) is 20.4 Å². The number of carbonyl (C=O) groups excluding carboxylic acids is 2. The van der Waals surface area contributed by atoms with Gasteiger partial charge in [0.05, 0.1) is 12.2 Å². The minimum atomic E-state index is -4.96. The molecule has 0 saturated carbocycles.